The summed E-state index contributed by atoms with van der Waals surface area (Å²) in [5.74, 6) is -0.200. The monoisotopic (exact) mass is 426 g/mol. The van der Waals surface area contributed by atoms with Crippen LogP contribution in [0.15, 0.2) is 23.8 Å². The van der Waals surface area contributed by atoms with E-state index in [-0.39, 0.29) is 5.82 Å². The second kappa shape index (κ2) is 6.39. The Hall–Kier alpha value is -2.23. The van der Waals surface area contributed by atoms with Gasteiger partial charge in [0.15, 0.2) is 0 Å². The van der Waals surface area contributed by atoms with Crippen LogP contribution in [0.2, 0.25) is 26.2 Å². The highest BCUT2D eigenvalue weighted by molar-refractivity contribution is 7.01. The average Bonchev–Trinajstić information content (AvgIpc) is 3.00. The lowest BCUT2D eigenvalue weighted by Gasteiger charge is -2.43. The summed E-state index contributed by atoms with van der Waals surface area (Å²) in [5, 5.41) is 1.80. The normalized spacial score (nSPS) is 18.2. The molecular weight excluding hydrogens is 401 g/mol. The second-order valence-corrected chi connectivity index (χ2v) is 16.8. The smallest absolute Gasteiger partial charge is 0.270 e. The number of amides is 1. The van der Waals surface area contributed by atoms with Gasteiger partial charge in [-0.25, -0.2) is 4.39 Å². The Bertz CT molecular complexity index is 1110. The van der Waals surface area contributed by atoms with E-state index >= 15 is 0 Å². The molecule has 151 valence electrons. The van der Waals surface area contributed by atoms with Gasteiger partial charge in [-0.05, 0) is 68.4 Å². The molecule has 1 radical (unpaired) electrons. The number of ether oxygens (including phenoxy) is 1. The highest BCUT2D eigenvalue weighted by atomic mass is 28.4. The Balaban J connectivity index is 2.18. The lowest BCUT2D eigenvalue weighted by atomic mass is 9.92. The summed E-state index contributed by atoms with van der Waals surface area (Å²) in [6.07, 6.45) is 2.54. The van der Waals surface area contributed by atoms with Crippen LogP contribution in [0.4, 0.5) is 4.39 Å². The highest BCUT2D eigenvalue weighted by Gasteiger charge is 2.48. The van der Waals surface area contributed by atoms with Gasteiger partial charge in [0, 0.05) is 21.5 Å². The molecule has 2 aromatic carbocycles. The molecule has 2 bridgehead atoms. The number of carbonyl (C=O) groups excluding carboxylic acids is 1. The van der Waals surface area contributed by atoms with Crippen LogP contribution in [0.25, 0.3) is 17.2 Å². The number of nitrogens with one attached hydrogen (secondary N) is 1. The van der Waals surface area contributed by atoms with Crippen molar-refractivity contribution in [2.75, 3.05) is 7.11 Å². The van der Waals surface area contributed by atoms with E-state index in [1.165, 1.54) is 6.07 Å². The SMILES string of the molecule is COc1c2cc(C([NH])=O)c(-c3ccc(F)c4c3C=C(C)C4)c1[Si](C)(C)O[Si]2(C)C. The van der Waals surface area contributed by atoms with Crippen LogP contribution in [-0.2, 0) is 10.5 Å². The molecule has 1 aliphatic heterocycles. The van der Waals surface area contributed by atoms with Gasteiger partial charge in [-0.3, -0.25) is 10.5 Å². The van der Waals surface area contributed by atoms with E-state index in [1.54, 1.807) is 19.2 Å². The van der Waals surface area contributed by atoms with Crippen molar-refractivity contribution in [3.63, 3.8) is 0 Å². The Kier molecular flexibility index (Phi) is 4.42. The van der Waals surface area contributed by atoms with Gasteiger partial charge in [0.2, 0.25) is 16.6 Å². The minimum Gasteiger partial charge on any atom is -0.497 e. The summed E-state index contributed by atoms with van der Waals surface area (Å²) in [4.78, 5) is 12.5. The van der Waals surface area contributed by atoms with Crippen molar-refractivity contribution in [2.24, 2.45) is 0 Å². The average molecular weight is 427 g/mol. The predicted molar refractivity (Wildman–Crippen MR) is 118 cm³/mol. The fraction of sp³-hybridized carbons (Fsp3) is 0.318. The number of halogens is 1. The first-order valence-electron chi connectivity index (χ1n) is 9.69. The first kappa shape index (κ1) is 20.1. The molecule has 29 heavy (non-hydrogen) atoms. The first-order chi connectivity index (χ1) is 13.5. The lowest BCUT2D eigenvalue weighted by Crippen LogP contribution is -2.64. The van der Waals surface area contributed by atoms with Crippen LogP contribution in [-0.4, -0.2) is 29.7 Å². The number of fused-ring (bicyclic) bond motifs is 3. The summed E-state index contributed by atoms with van der Waals surface area (Å²) in [5.41, 5.74) is 12.3. The Labute approximate surface area is 172 Å². The van der Waals surface area contributed by atoms with Gasteiger partial charge in [0.1, 0.15) is 11.6 Å². The maximum absolute atomic E-state index is 14.5. The van der Waals surface area contributed by atoms with E-state index in [9.17, 15) is 9.18 Å². The molecule has 0 fully saturated rings. The summed E-state index contributed by atoms with van der Waals surface area (Å²) < 4.78 is 27.1. The van der Waals surface area contributed by atoms with Crippen molar-refractivity contribution in [1.29, 1.82) is 0 Å². The van der Waals surface area contributed by atoms with Crippen LogP contribution >= 0.6 is 0 Å². The van der Waals surface area contributed by atoms with Crippen molar-refractivity contribution in [3.8, 4) is 16.9 Å². The largest absolute Gasteiger partial charge is 0.497 e. The number of benzene rings is 2. The summed E-state index contributed by atoms with van der Waals surface area (Å²) in [6.45, 7) is 10.4. The van der Waals surface area contributed by atoms with Gasteiger partial charge < -0.3 is 8.85 Å². The van der Waals surface area contributed by atoms with Crippen LogP contribution < -0.4 is 20.8 Å². The molecule has 7 heteroatoms. The molecule has 0 saturated carbocycles. The van der Waals surface area contributed by atoms with Gasteiger partial charge in [-0.2, -0.15) is 0 Å². The zero-order valence-corrected chi connectivity index (χ0v) is 19.6. The minimum absolute atomic E-state index is 0.242. The molecule has 4 nitrogen and oxygen atoms in total. The predicted octanol–water partition coefficient (Wildman–Crippen LogP) is 3.74. The topological polar surface area (TPSA) is 59.3 Å². The van der Waals surface area contributed by atoms with Gasteiger partial charge in [0.25, 0.3) is 5.91 Å². The zero-order chi connectivity index (χ0) is 21.3. The molecule has 1 heterocycles. The van der Waals surface area contributed by atoms with E-state index in [0.717, 1.165) is 32.8 Å². The number of rotatable bonds is 3. The molecule has 0 unspecified atom stereocenters. The standard InChI is InChI=1S/C22H25FNO3Si2/c1-12-9-14-13(7-8-17(23)15(14)10-12)19-16(22(24)25)11-18-20(26-2)21(19)29(5,6)27-28(18,3)4/h7-9,11,24H,10H2,1-6H3. The van der Waals surface area contributed by atoms with Crippen molar-refractivity contribution in [1.82, 2.24) is 5.73 Å². The number of allylic oxidation sites excluding steroid dienone is 1. The molecule has 0 spiro atoms. The molecular formula is C22H25FNO3Si2. The molecule has 1 N–H and O–H groups in total. The fourth-order valence-corrected chi connectivity index (χ4v) is 13.9. The summed E-state index contributed by atoms with van der Waals surface area (Å²) in [7, 11) is -3.10. The zero-order valence-electron chi connectivity index (χ0n) is 17.6. The third-order valence-electron chi connectivity index (χ3n) is 5.91. The number of carbonyl (C=O) groups is 1. The van der Waals surface area contributed by atoms with Crippen molar-refractivity contribution in [2.45, 2.75) is 39.5 Å². The van der Waals surface area contributed by atoms with Crippen LogP contribution in [0.5, 0.6) is 5.75 Å². The van der Waals surface area contributed by atoms with Crippen molar-refractivity contribution in [3.05, 3.63) is 46.3 Å². The van der Waals surface area contributed by atoms with Gasteiger partial charge >= 0.3 is 0 Å². The Morgan fingerprint density at radius 1 is 1.21 bits per heavy atom. The van der Waals surface area contributed by atoms with E-state index in [0.29, 0.717) is 23.1 Å². The molecule has 0 atom stereocenters. The van der Waals surface area contributed by atoms with Crippen molar-refractivity contribution < 1.29 is 18.0 Å². The molecule has 2 aliphatic rings. The minimum atomic E-state index is -2.46. The second-order valence-electron chi connectivity index (χ2n) is 8.86. The van der Waals surface area contributed by atoms with E-state index in [4.69, 9.17) is 14.6 Å². The quantitative estimate of drug-likeness (QED) is 0.703. The molecule has 1 amide bonds. The maximum atomic E-state index is 14.5. The Morgan fingerprint density at radius 3 is 2.52 bits per heavy atom. The highest BCUT2D eigenvalue weighted by Crippen LogP contribution is 2.40. The Morgan fingerprint density at radius 2 is 1.90 bits per heavy atom. The fourth-order valence-electron chi connectivity index (χ4n) is 4.88. The van der Waals surface area contributed by atoms with E-state index < -0.39 is 22.5 Å². The number of hydrogen-bond acceptors (Lipinski definition) is 3. The van der Waals surface area contributed by atoms with Crippen LogP contribution in [0, 0.1) is 5.82 Å². The van der Waals surface area contributed by atoms with Crippen LogP contribution in [0.3, 0.4) is 0 Å². The maximum Gasteiger partial charge on any atom is 0.270 e. The first-order valence-corrected chi connectivity index (χ1v) is 15.5. The molecule has 1 aliphatic carbocycles. The number of methoxy groups -OCH3 is 1. The van der Waals surface area contributed by atoms with Crippen LogP contribution in [0.1, 0.15) is 28.4 Å². The molecule has 2 aromatic rings. The molecule has 0 aromatic heterocycles. The number of hydrogen-bond donors (Lipinski definition) is 0. The lowest BCUT2D eigenvalue weighted by molar-refractivity contribution is 0.0993. The summed E-state index contributed by atoms with van der Waals surface area (Å²) in [6, 6.07) is 4.97. The third-order valence-corrected chi connectivity index (χ3v) is 13.3. The van der Waals surface area contributed by atoms with E-state index in [1.807, 2.05) is 13.0 Å². The molecule has 4 rings (SSSR count). The summed E-state index contributed by atoms with van der Waals surface area (Å²) >= 11 is 0. The van der Waals surface area contributed by atoms with Gasteiger partial charge in [-0.15, -0.1) is 0 Å². The van der Waals surface area contributed by atoms with Crippen molar-refractivity contribution >= 4 is 39.0 Å². The third kappa shape index (κ3) is 2.91. The van der Waals surface area contributed by atoms with E-state index in [2.05, 4.69) is 26.2 Å². The van der Waals surface area contributed by atoms with Gasteiger partial charge in [0.05, 0.1) is 7.11 Å². The molecule has 0 saturated heterocycles. The van der Waals surface area contributed by atoms with Gasteiger partial charge in [-0.1, -0.05) is 17.7 Å².